The van der Waals surface area contributed by atoms with E-state index < -0.39 is 0 Å². The molecular formula is C22H22N4O. The maximum Gasteiger partial charge on any atom is 0.214 e. The maximum absolute atomic E-state index is 9.07. The molecule has 3 aromatic heterocycles. The molecule has 2 aliphatic rings. The molecule has 0 radical (unpaired) electrons. The first-order valence-electron chi connectivity index (χ1n) is 9.75. The molecule has 5 rings (SSSR count). The number of pyridine rings is 2. The molecule has 1 aliphatic heterocycles. The second kappa shape index (κ2) is 6.38. The van der Waals surface area contributed by atoms with Crippen LogP contribution in [0.5, 0.6) is 5.88 Å². The molecule has 0 unspecified atom stereocenters. The molecule has 1 saturated carbocycles. The van der Waals surface area contributed by atoms with E-state index in [-0.39, 0.29) is 12.0 Å². The fraction of sp³-hybridized carbons (Fsp3) is 0.409. The lowest BCUT2D eigenvalue weighted by Crippen LogP contribution is -2.12. The number of aromatic nitrogens is 3. The molecule has 0 bridgehead atoms. The average Bonchev–Trinajstić information content (AvgIpc) is 3.38. The molecule has 1 aliphatic carbocycles. The third kappa shape index (κ3) is 2.86. The summed E-state index contributed by atoms with van der Waals surface area (Å²) in [6, 6.07) is 13.3. The zero-order valence-corrected chi connectivity index (χ0v) is 15.4. The monoisotopic (exact) mass is 358 g/mol. The highest BCUT2D eigenvalue weighted by atomic mass is 16.5. The number of nitrogens with zero attached hydrogens (tertiary/aromatic N) is 4. The summed E-state index contributed by atoms with van der Waals surface area (Å²) in [6.45, 7) is 2.26. The standard InChI is InChI=1S/C22H22N4O/c1-14-2-5-18-11-17-4-7-20(25-22(17)26(14)18)16-8-9-24-21(12-16)27-19-6-3-15(10-19)13-23/h4,7-9,11-12,14-15,19H,2-3,5-6,10H2,1H3/t14-,15+,19+/m0/s1. The Labute approximate surface area is 158 Å². The van der Waals surface area contributed by atoms with E-state index in [1.54, 1.807) is 6.20 Å². The molecule has 0 amide bonds. The molecule has 5 heteroatoms. The van der Waals surface area contributed by atoms with Crippen LogP contribution in [0.15, 0.2) is 36.5 Å². The van der Waals surface area contributed by atoms with Gasteiger partial charge in [-0.05, 0) is 56.9 Å². The van der Waals surface area contributed by atoms with Crippen molar-refractivity contribution >= 4 is 11.0 Å². The lowest BCUT2D eigenvalue weighted by molar-refractivity contribution is 0.199. The Balaban J connectivity index is 1.45. The van der Waals surface area contributed by atoms with Crippen LogP contribution in [0.3, 0.4) is 0 Å². The van der Waals surface area contributed by atoms with Gasteiger partial charge in [-0.2, -0.15) is 5.26 Å². The van der Waals surface area contributed by atoms with Crippen LogP contribution in [0, 0.1) is 17.2 Å². The number of fused-ring (bicyclic) bond motifs is 3. The molecule has 5 nitrogen and oxygen atoms in total. The van der Waals surface area contributed by atoms with Crippen LogP contribution in [-0.4, -0.2) is 20.6 Å². The number of aryl methyl sites for hydroxylation is 1. The molecular weight excluding hydrogens is 336 g/mol. The van der Waals surface area contributed by atoms with Crippen molar-refractivity contribution in [3.63, 3.8) is 0 Å². The van der Waals surface area contributed by atoms with E-state index in [1.807, 2.05) is 12.1 Å². The lowest BCUT2D eigenvalue weighted by atomic mass is 10.1. The van der Waals surface area contributed by atoms with Crippen LogP contribution in [0.4, 0.5) is 0 Å². The third-order valence-electron chi connectivity index (χ3n) is 5.91. The SMILES string of the molecule is C[C@H]1CCc2cc3ccc(-c4ccnc(O[C@@H]5CC[C@@H](C#N)C5)c4)nc3n21. The fourth-order valence-electron chi connectivity index (χ4n) is 4.45. The fourth-order valence-corrected chi connectivity index (χ4v) is 4.45. The molecule has 0 N–H and O–H groups in total. The van der Waals surface area contributed by atoms with Crippen molar-refractivity contribution in [2.45, 2.75) is 51.2 Å². The number of rotatable bonds is 3. The Morgan fingerprint density at radius 2 is 2.11 bits per heavy atom. The zero-order valence-electron chi connectivity index (χ0n) is 15.4. The van der Waals surface area contributed by atoms with Gasteiger partial charge in [0.2, 0.25) is 5.88 Å². The molecule has 136 valence electrons. The van der Waals surface area contributed by atoms with E-state index in [0.717, 1.165) is 42.6 Å². The summed E-state index contributed by atoms with van der Waals surface area (Å²) in [4.78, 5) is 9.33. The number of nitriles is 1. The van der Waals surface area contributed by atoms with Gasteiger partial charge in [0.15, 0.2) is 0 Å². The van der Waals surface area contributed by atoms with E-state index >= 15 is 0 Å². The molecule has 3 atom stereocenters. The number of ether oxygens (including phenoxy) is 1. The molecule has 0 aromatic carbocycles. The van der Waals surface area contributed by atoms with Crippen LogP contribution < -0.4 is 4.74 Å². The molecule has 3 aromatic rings. The molecule has 4 heterocycles. The van der Waals surface area contributed by atoms with Crippen molar-refractivity contribution in [3.05, 3.63) is 42.2 Å². The average molecular weight is 358 g/mol. The zero-order chi connectivity index (χ0) is 18.4. The Kier molecular flexibility index (Phi) is 3.86. The van der Waals surface area contributed by atoms with Gasteiger partial charge in [0.1, 0.15) is 11.8 Å². The predicted octanol–water partition coefficient (Wildman–Crippen LogP) is 4.68. The summed E-state index contributed by atoms with van der Waals surface area (Å²) in [5, 5.41) is 10.3. The molecule has 27 heavy (non-hydrogen) atoms. The van der Waals surface area contributed by atoms with Crippen LogP contribution >= 0.6 is 0 Å². The topological polar surface area (TPSA) is 63.7 Å². The van der Waals surface area contributed by atoms with Crippen molar-refractivity contribution in [2.75, 3.05) is 0 Å². The van der Waals surface area contributed by atoms with Gasteiger partial charge in [0, 0.05) is 47.3 Å². The van der Waals surface area contributed by atoms with E-state index in [1.165, 1.54) is 17.5 Å². The molecule has 1 fully saturated rings. The summed E-state index contributed by atoms with van der Waals surface area (Å²) in [5.74, 6) is 0.729. The maximum atomic E-state index is 9.07. The van der Waals surface area contributed by atoms with E-state index in [9.17, 15) is 0 Å². The Morgan fingerprint density at radius 1 is 1.19 bits per heavy atom. The predicted molar refractivity (Wildman–Crippen MR) is 103 cm³/mol. The van der Waals surface area contributed by atoms with Gasteiger partial charge in [0.05, 0.1) is 11.8 Å². The van der Waals surface area contributed by atoms with E-state index in [4.69, 9.17) is 15.0 Å². The summed E-state index contributed by atoms with van der Waals surface area (Å²) < 4.78 is 8.41. The minimum absolute atomic E-state index is 0.0857. The van der Waals surface area contributed by atoms with Gasteiger partial charge in [-0.3, -0.25) is 0 Å². The molecule has 0 spiro atoms. The highest BCUT2D eigenvalue weighted by Crippen LogP contribution is 2.34. The van der Waals surface area contributed by atoms with Crippen molar-refractivity contribution in [3.8, 4) is 23.2 Å². The van der Waals surface area contributed by atoms with Gasteiger partial charge in [-0.15, -0.1) is 0 Å². The minimum Gasteiger partial charge on any atom is -0.474 e. The Hall–Kier alpha value is -2.87. The normalized spacial score (nSPS) is 24.1. The summed E-state index contributed by atoms with van der Waals surface area (Å²) in [6.07, 6.45) is 6.81. The number of hydrogen-bond acceptors (Lipinski definition) is 4. The van der Waals surface area contributed by atoms with Crippen LogP contribution in [0.2, 0.25) is 0 Å². The Morgan fingerprint density at radius 3 is 2.96 bits per heavy atom. The van der Waals surface area contributed by atoms with Crippen molar-refractivity contribution < 1.29 is 4.74 Å². The first-order valence-corrected chi connectivity index (χ1v) is 9.75. The summed E-state index contributed by atoms with van der Waals surface area (Å²) in [5.41, 5.74) is 4.41. The number of hydrogen-bond donors (Lipinski definition) is 0. The minimum atomic E-state index is 0.0857. The highest BCUT2D eigenvalue weighted by Gasteiger charge is 2.26. The first-order chi connectivity index (χ1) is 13.2. The van der Waals surface area contributed by atoms with Crippen molar-refractivity contribution in [2.24, 2.45) is 5.92 Å². The van der Waals surface area contributed by atoms with Gasteiger partial charge in [-0.25, -0.2) is 9.97 Å². The van der Waals surface area contributed by atoms with Crippen LogP contribution in [-0.2, 0) is 6.42 Å². The first kappa shape index (κ1) is 16.3. The van der Waals surface area contributed by atoms with Gasteiger partial charge in [-0.1, -0.05) is 0 Å². The van der Waals surface area contributed by atoms with Gasteiger partial charge < -0.3 is 9.30 Å². The van der Waals surface area contributed by atoms with Gasteiger partial charge in [0.25, 0.3) is 0 Å². The van der Waals surface area contributed by atoms with Crippen LogP contribution in [0.25, 0.3) is 22.3 Å². The quantitative estimate of drug-likeness (QED) is 0.682. The smallest absolute Gasteiger partial charge is 0.214 e. The molecule has 0 saturated heterocycles. The van der Waals surface area contributed by atoms with Crippen LogP contribution in [0.1, 0.15) is 44.3 Å². The third-order valence-corrected chi connectivity index (χ3v) is 5.91. The second-order valence-electron chi connectivity index (χ2n) is 7.76. The lowest BCUT2D eigenvalue weighted by Gasteiger charge is -2.13. The Bertz CT molecular complexity index is 1050. The van der Waals surface area contributed by atoms with Gasteiger partial charge >= 0.3 is 0 Å². The summed E-state index contributed by atoms with van der Waals surface area (Å²) in [7, 11) is 0. The highest BCUT2D eigenvalue weighted by molar-refractivity contribution is 5.81. The largest absolute Gasteiger partial charge is 0.474 e. The van der Waals surface area contributed by atoms with Crippen molar-refractivity contribution in [1.82, 2.24) is 14.5 Å². The summed E-state index contributed by atoms with van der Waals surface area (Å²) >= 11 is 0. The van der Waals surface area contributed by atoms with E-state index in [0.29, 0.717) is 11.9 Å². The van der Waals surface area contributed by atoms with Crippen molar-refractivity contribution in [1.29, 1.82) is 5.26 Å². The second-order valence-corrected chi connectivity index (χ2v) is 7.76. The van der Waals surface area contributed by atoms with E-state index in [2.05, 4.69) is 40.7 Å².